The van der Waals surface area contributed by atoms with Crippen molar-refractivity contribution in [2.45, 2.75) is 51.4 Å². The van der Waals surface area contributed by atoms with Crippen molar-refractivity contribution in [3.8, 4) is 17.2 Å². The molecular weight excluding hydrogens is 476 g/mol. The van der Waals surface area contributed by atoms with Gasteiger partial charge in [-0.2, -0.15) is 0 Å². The normalized spacial score (nSPS) is 17.5. The predicted molar refractivity (Wildman–Crippen MR) is 146 cm³/mol. The molecule has 1 heterocycles. The molecule has 6 nitrogen and oxygen atoms in total. The largest absolute Gasteiger partial charge is 0.493 e. The minimum atomic E-state index is -0.117. The Kier molecular flexibility index (Phi) is 10.3. The number of methoxy groups -OCH3 is 3. The predicted octanol–water partition coefficient (Wildman–Crippen LogP) is 6.05. The van der Waals surface area contributed by atoms with Gasteiger partial charge in [-0.15, -0.1) is 0 Å². The first-order valence-corrected chi connectivity index (χ1v) is 13.4. The summed E-state index contributed by atoms with van der Waals surface area (Å²) in [7, 11) is 4.57. The van der Waals surface area contributed by atoms with E-state index in [-0.39, 0.29) is 16.3 Å². The van der Waals surface area contributed by atoms with Gasteiger partial charge in [0.05, 0.1) is 31.9 Å². The summed E-state index contributed by atoms with van der Waals surface area (Å²) in [4.78, 5) is 18.3. The van der Waals surface area contributed by atoms with Crippen LogP contribution in [-0.2, 0) is 5.41 Å². The third kappa shape index (κ3) is 6.09. The third-order valence-electron chi connectivity index (χ3n) is 7.30. The number of halogens is 1. The summed E-state index contributed by atoms with van der Waals surface area (Å²) in [5, 5.41) is 0.242. The van der Waals surface area contributed by atoms with Crippen LogP contribution in [0.5, 0.6) is 17.2 Å². The summed E-state index contributed by atoms with van der Waals surface area (Å²) in [5.41, 5.74) is 1.57. The van der Waals surface area contributed by atoms with E-state index >= 15 is 0 Å². The number of benzene rings is 2. The van der Waals surface area contributed by atoms with Gasteiger partial charge in [0, 0.05) is 18.5 Å². The van der Waals surface area contributed by atoms with Crippen LogP contribution in [0, 0.1) is 0 Å². The fraction of sp³-hybridized carbons (Fsp3) is 0.552. The van der Waals surface area contributed by atoms with E-state index in [1.807, 2.05) is 4.90 Å². The van der Waals surface area contributed by atoms with E-state index in [1.54, 1.807) is 6.07 Å². The number of nitrogens with zero attached hydrogens (tertiary/aromatic N) is 2. The molecule has 0 radical (unpaired) electrons. The van der Waals surface area contributed by atoms with Gasteiger partial charge in [0.1, 0.15) is 0 Å². The summed E-state index contributed by atoms with van der Waals surface area (Å²) in [6.07, 6.45) is 5.47. The van der Waals surface area contributed by atoms with Crippen molar-refractivity contribution in [2.24, 2.45) is 0 Å². The average Bonchev–Trinajstić information content (AvgIpc) is 3.35. The molecule has 0 aliphatic carbocycles. The van der Waals surface area contributed by atoms with Crippen molar-refractivity contribution < 1.29 is 19.0 Å². The summed E-state index contributed by atoms with van der Waals surface area (Å²) in [6.45, 7) is 9.05. The summed E-state index contributed by atoms with van der Waals surface area (Å²) in [6, 6.07) is 12.3. The molecule has 2 aromatic rings. The molecule has 198 valence electrons. The number of rotatable bonds is 13. The fourth-order valence-electron chi connectivity index (χ4n) is 5.27. The van der Waals surface area contributed by atoms with Crippen molar-refractivity contribution in [1.29, 1.82) is 0 Å². The highest BCUT2D eigenvalue weighted by Crippen LogP contribution is 2.46. The van der Waals surface area contributed by atoms with Crippen LogP contribution in [0.3, 0.4) is 0 Å². The van der Waals surface area contributed by atoms with Gasteiger partial charge < -0.3 is 24.0 Å². The number of amides is 1. The zero-order valence-electron chi connectivity index (χ0n) is 22.4. The molecule has 0 N–H and O–H groups in total. The minimum absolute atomic E-state index is 0.0950. The Morgan fingerprint density at radius 1 is 1.00 bits per heavy atom. The Balaban J connectivity index is 1.89. The van der Waals surface area contributed by atoms with E-state index in [2.05, 4.69) is 49.1 Å². The smallest absolute Gasteiger partial charge is 0.255 e. The zero-order chi connectivity index (χ0) is 26.1. The lowest BCUT2D eigenvalue weighted by Crippen LogP contribution is -2.38. The molecule has 2 aromatic carbocycles. The molecule has 36 heavy (non-hydrogen) atoms. The summed E-state index contributed by atoms with van der Waals surface area (Å²) >= 11 is 6.65. The van der Waals surface area contributed by atoms with E-state index in [0.29, 0.717) is 35.9 Å². The number of unbranched alkanes of at least 4 members (excludes halogenated alkanes) is 1. The SMILES string of the molecule is CCCCN(CCC)CCC1(c2ccccc2)CCN(C(=O)c2cc(OC)c(OC)c(OC)c2Cl)C1. The lowest BCUT2D eigenvalue weighted by molar-refractivity contribution is 0.0780. The van der Waals surface area contributed by atoms with Crippen LogP contribution in [0.2, 0.25) is 5.02 Å². The maximum Gasteiger partial charge on any atom is 0.255 e. The molecule has 0 saturated carbocycles. The van der Waals surface area contributed by atoms with Crippen LogP contribution in [-0.4, -0.2) is 69.8 Å². The molecule has 0 spiro atoms. The first kappa shape index (κ1) is 28.1. The van der Waals surface area contributed by atoms with Crippen molar-refractivity contribution in [3.05, 3.63) is 52.5 Å². The van der Waals surface area contributed by atoms with E-state index in [4.69, 9.17) is 25.8 Å². The van der Waals surface area contributed by atoms with Crippen LogP contribution in [0.1, 0.15) is 61.9 Å². The molecule has 1 fully saturated rings. The quantitative estimate of drug-likeness (QED) is 0.324. The van der Waals surface area contributed by atoms with Crippen LogP contribution < -0.4 is 14.2 Å². The first-order chi connectivity index (χ1) is 17.4. The van der Waals surface area contributed by atoms with Crippen molar-refractivity contribution >= 4 is 17.5 Å². The lowest BCUT2D eigenvalue weighted by atomic mass is 9.76. The zero-order valence-corrected chi connectivity index (χ0v) is 23.2. The maximum atomic E-state index is 13.8. The topological polar surface area (TPSA) is 51.2 Å². The van der Waals surface area contributed by atoms with Crippen molar-refractivity contribution in [3.63, 3.8) is 0 Å². The van der Waals surface area contributed by atoms with Crippen LogP contribution in [0.4, 0.5) is 0 Å². The third-order valence-corrected chi connectivity index (χ3v) is 7.68. The Bertz CT molecular complexity index is 1000. The molecule has 3 rings (SSSR count). The van der Waals surface area contributed by atoms with Gasteiger partial charge in [0.25, 0.3) is 5.91 Å². The highest BCUT2D eigenvalue weighted by atomic mass is 35.5. The molecule has 0 bridgehead atoms. The molecule has 1 saturated heterocycles. The standard InChI is InChI=1S/C29H41ClN2O4/c1-6-8-17-31(16-7-2)18-14-29(22-12-10-9-11-13-22)15-19-32(21-29)28(33)23-20-24(34-3)26(35-4)27(36-5)25(23)30/h9-13,20H,6-8,14-19,21H2,1-5H3. The molecule has 1 atom stereocenters. The number of hydrogen-bond donors (Lipinski definition) is 0. The van der Waals surface area contributed by atoms with E-state index in [1.165, 1.54) is 39.7 Å². The Hall–Kier alpha value is -2.44. The number of carbonyl (C=O) groups excluding carboxylic acids is 1. The average molecular weight is 517 g/mol. The molecule has 0 aromatic heterocycles. The molecule has 1 aliphatic heterocycles. The van der Waals surface area contributed by atoms with Gasteiger partial charge >= 0.3 is 0 Å². The van der Waals surface area contributed by atoms with Gasteiger partial charge in [-0.3, -0.25) is 4.79 Å². The van der Waals surface area contributed by atoms with Crippen molar-refractivity contribution in [1.82, 2.24) is 9.80 Å². The van der Waals surface area contributed by atoms with Gasteiger partial charge in [-0.25, -0.2) is 0 Å². The number of hydrogen-bond acceptors (Lipinski definition) is 5. The molecule has 1 aliphatic rings. The van der Waals surface area contributed by atoms with E-state index in [0.717, 1.165) is 38.9 Å². The first-order valence-electron chi connectivity index (χ1n) is 13.0. The van der Waals surface area contributed by atoms with Crippen LogP contribution in [0.15, 0.2) is 36.4 Å². The molecule has 7 heteroatoms. The molecule has 1 unspecified atom stereocenters. The summed E-state index contributed by atoms with van der Waals surface area (Å²) < 4.78 is 16.4. The van der Waals surface area contributed by atoms with Gasteiger partial charge in [-0.1, -0.05) is 62.2 Å². The Morgan fingerprint density at radius 2 is 1.72 bits per heavy atom. The second-order valence-corrected chi connectivity index (χ2v) is 9.95. The van der Waals surface area contributed by atoms with Crippen molar-refractivity contribution in [2.75, 3.05) is 54.1 Å². The monoisotopic (exact) mass is 516 g/mol. The number of likely N-dealkylation sites (tertiary alicyclic amines) is 1. The number of ether oxygens (including phenoxy) is 3. The second kappa shape index (κ2) is 13.2. The van der Waals surface area contributed by atoms with Crippen LogP contribution >= 0.6 is 11.6 Å². The lowest BCUT2D eigenvalue weighted by Gasteiger charge is -2.33. The van der Waals surface area contributed by atoms with Gasteiger partial charge in [0.2, 0.25) is 5.75 Å². The number of carbonyl (C=O) groups is 1. The highest BCUT2D eigenvalue weighted by molar-refractivity contribution is 6.35. The fourth-order valence-corrected chi connectivity index (χ4v) is 5.57. The maximum absolute atomic E-state index is 13.8. The Labute approximate surface area is 221 Å². The van der Waals surface area contributed by atoms with Gasteiger partial charge in [0.15, 0.2) is 11.5 Å². The molecular formula is C29H41ClN2O4. The van der Waals surface area contributed by atoms with Gasteiger partial charge in [-0.05, 0) is 56.9 Å². The minimum Gasteiger partial charge on any atom is -0.493 e. The second-order valence-electron chi connectivity index (χ2n) is 9.58. The van der Waals surface area contributed by atoms with Crippen LogP contribution in [0.25, 0.3) is 0 Å². The highest BCUT2D eigenvalue weighted by Gasteiger charge is 2.42. The summed E-state index contributed by atoms with van der Waals surface area (Å²) in [5.74, 6) is 0.987. The Morgan fingerprint density at radius 3 is 2.33 bits per heavy atom. The van der Waals surface area contributed by atoms with E-state index in [9.17, 15) is 4.79 Å². The van der Waals surface area contributed by atoms with E-state index < -0.39 is 0 Å². The molecule has 1 amide bonds.